The lowest BCUT2D eigenvalue weighted by Crippen LogP contribution is -2.36. The zero-order valence-corrected chi connectivity index (χ0v) is 13.9. The Morgan fingerprint density at radius 1 is 1.19 bits per heavy atom. The summed E-state index contributed by atoms with van der Waals surface area (Å²) in [6.45, 7) is 6.68. The lowest BCUT2D eigenvalue weighted by molar-refractivity contribution is 0.355. The van der Waals surface area contributed by atoms with E-state index in [0.717, 1.165) is 25.7 Å². The predicted molar refractivity (Wildman–Crippen MR) is 82.5 cm³/mol. The smallest absolute Gasteiger partial charge is 0.274 e. The van der Waals surface area contributed by atoms with E-state index in [9.17, 15) is 8.42 Å². The first-order valence-corrected chi connectivity index (χ1v) is 9.11. The zero-order valence-electron chi connectivity index (χ0n) is 13.1. The quantitative estimate of drug-likeness (QED) is 0.876. The van der Waals surface area contributed by atoms with E-state index in [2.05, 4.69) is 30.8 Å². The monoisotopic (exact) mass is 314 g/mol. The number of hydrogen-bond acceptors (Lipinski definition) is 4. The molecule has 0 spiro atoms. The minimum Gasteiger partial charge on any atom is -0.447 e. The average molecular weight is 314 g/mol. The maximum atomic E-state index is 12.3. The maximum Gasteiger partial charge on any atom is 0.274 e. The van der Waals surface area contributed by atoms with E-state index in [-0.39, 0.29) is 16.7 Å². The lowest BCUT2D eigenvalue weighted by Gasteiger charge is -2.21. The van der Waals surface area contributed by atoms with Crippen LogP contribution in [0.1, 0.15) is 58.6 Å². The van der Waals surface area contributed by atoms with Gasteiger partial charge < -0.3 is 9.73 Å². The molecule has 1 aliphatic carbocycles. The molecule has 6 heteroatoms. The van der Waals surface area contributed by atoms with Crippen LogP contribution in [0.2, 0.25) is 0 Å². The van der Waals surface area contributed by atoms with Gasteiger partial charge in [0.1, 0.15) is 5.76 Å². The number of sulfonamides is 1. The Hall–Kier alpha value is -0.850. The van der Waals surface area contributed by atoms with Crippen LogP contribution >= 0.6 is 0 Å². The highest BCUT2D eigenvalue weighted by Gasteiger charge is 2.24. The molecule has 0 unspecified atom stereocenters. The molecule has 1 fully saturated rings. The van der Waals surface area contributed by atoms with Crippen molar-refractivity contribution in [1.82, 2.24) is 10.0 Å². The summed E-state index contributed by atoms with van der Waals surface area (Å²) in [6, 6.07) is 3.30. The summed E-state index contributed by atoms with van der Waals surface area (Å²) in [5.74, 6) is 0.633. The van der Waals surface area contributed by atoms with Crippen molar-refractivity contribution in [2.24, 2.45) is 0 Å². The Bertz CT molecular complexity index is 552. The third-order valence-electron chi connectivity index (χ3n) is 3.62. The third-order valence-corrected chi connectivity index (χ3v) is 5.01. The summed E-state index contributed by atoms with van der Waals surface area (Å²) < 4.78 is 32.8. The molecule has 0 radical (unpaired) electrons. The van der Waals surface area contributed by atoms with Crippen LogP contribution in [0.15, 0.2) is 21.6 Å². The molecule has 1 aromatic rings. The highest BCUT2D eigenvalue weighted by atomic mass is 32.2. The lowest BCUT2D eigenvalue weighted by atomic mass is 9.96. The summed E-state index contributed by atoms with van der Waals surface area (Å²) >= 11 is 0. The van der Waals surface area contributed by atoms with Crippen LogP contribution in [0.5, 0.6) is 0 Å². The number of nitrogens with one attached hydrogen (secondary N) is 2. The highest BCUT2D eigenvalue weighted by Crippen LogP contribution is 2.21. The van der Waals surface area contributed by atoms with Gasteiger partial charge in [0.2, 0.25) is 5.09 Å². The fourth-order valence-electron chi connectivity index (χ4n) is 2.45. The summed E-state index contributed by atoms with van der Waals surface area (Å²) in [7, 11) is -3.54. The fraction of sp³-hybridized carbons (Fsp3) is 0.733. The second-order valence-corrected chi connectivity index (χ2v) is 8.43. The Morgan fingerprint density at radius 2 is 1.86 bits per heavy atom. The SMILES string of the molecule is CC(C)(C)NCc1ccc(S(=O)(=O)NC2CCCCC2)o1. The summed E-state index contributed by atoms with van der Waals surface area (Å²) in [5, 5.41) is 3.29. The van der Waals surface area contributed by atoms with Crippen molar-refractivity contribution in [2.75, 3.05) is 0 Å². The van der Waals surface area contributed by atoms with Gasteiger partial charge in [-0.3, -0.25) is 0 Å². The summed E-state index contributed by atoms with van der Waals surface area (Å²) in [4.78, 5) is 0. The average Bonchev–Trinajstić information content (AvgIpc) is 2.86. The Labute approximate surface area is 127 Å². The van der Waals surface area contributed by atoms with E-state index in [4.69, 9.17) is 4.42 Å². The summed E-state index contributed by atoms with van der Waals surface area (Å²) in [5.41, 5.74) is -0.0355. The molecule has 120 valence electrons. The van der Waals surface area contributed by atoms with Crippen LogP contribution < -0.4 is 10.0 Å². The van der Waals surface area contributed by atoms with Gasteiger partial charge in [-0.1, -0.05) is 19.3 Å². The molecule has 5 nitrogen and oxygen atoms in total. The van der Waals surface area contributed by atoms with Crippen LogP contribution in [0.3, 0.4) is 0 Å². The van der Waals surface area contributed by atoms with Gasteiger partial charge in [0, 0.05) is 11.6 Å². The van der Waals surface area contributed by atoms with E-state index >= 15 is 0 Å². The number of rotatable bonds is 5. The predicted octanol–water partition coefficient (Wildman–Crippen LogP) is 2.78. The molecule has 2 N–H and O–H groups in total. The Kier molecular flexibility index (Phi) is 5.11. The molecule has 1 aliphatic rings. The molecule has 1 aromatic heterocycles. The normalized spacial score (nSPS) is 18.0. The van der Waals surface area contributed by atoms with Gasteiger partial charge in [-0.05, 0) is 45.7 Å². The second kappa shape index (κ2) is 6.50. The van der Waals surface area contributed by atoms with Crippen molar-refractivity contribution in [1.29, 1.82) is 0 Å². The van der Waals surface area contributed by atoms with Gasteiger partial charge in [-0.2, -0.15) is 0 Å². The van der Waals surface area contributed by atoms with Crippen molar-refractivity contribution in [3.63, 3.8) is 0 Å². The Morgan fingerprint density at radius 3 is 2.48 bits per heavy atom. The van der Waals surface area contributed by atoms with Crippen LogP contribution in [-0.2, 0) is 16.6 Å². The van der Waals surface area contributed by atoms with Crippen molar-refractivity contribution in [3.05, 3.63) is 17.9 Å². The first-order chi connectivity index (χ1) is 9.76. The van der Waals surface area contributed by atoms with Gasteiger partial charge >= 0.3 is 0 Å². The Balaban J connectivity index is 1.98. The van der Waals surface area contributed by atoms with E-state index in [1.165, 1.54) is 12.5 Å². The molecule has 0 atom stereocenters. The van der Waals surface area contributed by atoms with Crippen molar-refractivity contribution in [3.8, 4) is 0 Å². The largest absolute Gasteiger partial charge is 0.447 e. The molecule has 0 aliphatic heterocycles. The minimum absolute atomic E-state index is 0.0128. The third kappa shape index (κ3) is 5.13. The van der Waals surface area contributed by atoms with Crippen molar-refractivity contribution < 1.29 is 12.8 Å². The molecular weight excluding hydrogens is 288 g/mol. The summed E-state index contributed by atoms with van der Waals surface area (Å²) in [6.07, 6.45) is 5.20. The van der Waals surface area contributed by atoms with Crippen molar-refractivity contribution in [2.45, 2.75) is 76.1 Å². The molecule has 0 bridgehead atoms. The first-order valence-electron chi connectivity index (χ1n) is 7.62. The molecular formula is C15H26N2O3S. The maximum absolute atomic E-state index is 12.3. The topological polar surface area (TPSA) is 71.3 Å². The van der Waals surface area contributed by atoms with Gasteiger partial charge in [0.25, 0.3) is 10.0 Å². The minimum atomic E-state index is -3.54. The van der Waals surface area contributed by atoms with E-state index in [0.29, 0.717) is 12.3 Å². The van der Waals surface area contributed by atoms with E-state index in [1.807, 2.05) is 0 Å². The van der Waals surface area contributed by atoms with Gasteiger partial charge in [0.15, 0.2) is 0 Å². The van der Waals surface area contributed by atoms with Crippen molar-refractivity contribution >= 4 is 10.0 Å². The number of furan rings is 1. The first kappa shape index (κ1) is 16.5. The fourth-order valence-corrected chi connectivity index (χ4v) is 3.70. The molecule has 21 heavy (non-hydrogen) atoms. The zero-order chi connectivity index (χ0) is 15.5. The van der Waals surface area contributed by atoms with Crippen LogP contribution in [0.4, 0.5) is 0 Å². The van der Waals surface area contributed by atoms with Crippen LogP contribution in [0.25, 0.3) is 0 Å². The molecule has 1 saturated carbocycles. The van der Waals surface area contributed by atoms with Crippen LogP contribution in [-0.4, -0.2) is 20.0 Å². The van der Waals surface area contributed by atoms with E-state index < -0.39 is 10.0 Å². The molecule has 0 aromatic carbocycles. The molecule has 1 heterocycles. The van der Waals surface area contributed by atoms with Gasteiger partial charge in [-0.15, -0.1) is 0 Å². The van der Waals surface area contributed by atoms with Gasteiger partial charge in [0.05, 0.1) is 6.54 Å². The highest BCUT2D eigenvalue weighted by molar-refractivity contribution is 7.89. The van der Waals surface area contributed by atoms with Gasteiger partial charge in [-0.25, -0.2) is 13.1 Å². The standard InChI is InChI=1S/C15H26N2O3S/c1-15(2,3)16-11-13-9-10-14(20-13)21(18,19)17-12-7-5-4-6-8-12/h9-10,12,16-17H,4-8,11H2,1-3H3. The van der Waals surface area contributed by atoms with Crippen LogP contribution in [0, 0.1) is 0 Å². The second-order valence-electron chi connectivity index (χ2n) is 6.78. The molecule has 0 amide bonds. The molecule has 0 saturated heterocycles. The number of hydrogen-bond donors (Lipinski definition) is 2. The molecule has 2 rings (SSSR count). The van der Waals surface area contributed by atoms with E-state index in [1.54, 1.807) is 6.07 Å².